The Kier molecular flexibility index (Phi) is 8.01. The Morgan fingerprint density at radius 3 is 2.90 bits per heavy atom. The van der Waals surface area contributed by atoms with Crippen molar-refractivity contribution in [2.24, 2.45) is 0 Å². The maximum absolute atomic E-state index is 12.5. The molecule has 0 saturated carbocycles. The average Bonchev–Trinajstić information content (AvgIpc) is 3.24. The number of alkyl halides is 2. The number of unbranched alkanes of at least 4 members (excludes halogenated alkanes) is 1. The molecule has 0 spiro atoms. The Labute approximate surface area is 178 Å². The predicted molar refractivity (Wildman–Crippen MR) is 110 cm³/mol. The molecule has 1 aromatic carbocycles. The van der Waals surface area contributed by atoms with Crippen molar-refractivity contribution in [2.75, 3.05) is 19.4 Å². The van der Waals surface area contributed by atoms with Crippen molar-refractivity contribution >= 4 is 23.7 Å². The van der Waals surface area contributed by atoms with Crippen molar-refractivity contribution < 1.29 is 27.8 Å². The van der Waals surface area contributed by atoms with Gasteiger partial charge in [-0.2, -0.15) is 20.5 Å². The highest BCUT2D eigenvalue weighted by Gasteiger charge is 2.42. The van der Waals surface area contributed by atoms with E-state index in [2.05, 4.69) is 20.7 Å². The number of halogens is 2. The van der Waals surface area contributed by atoms with Gasteiger partial charge < -0.3 is 25.4 Å². The molecule has 30 heavy (non-hydrogen) atoms. The van der Waals surface area contributed by atoms with Gasteiger partial charge in [-0.3, -0.25) is 4.79 Å². The molecule has 0 aromatic heterocycles. The van der Waals surface area contributed by atoms with Crippen molar-refractivity contribution in [3.63, 3.8) is 0 Å². The fraction of sp³-hybridized carbons (Fsp3) is 0.600. The molecule has 3 atom stereocenters. The fourth-order valence-corrected chi connectivity index (χ4v) is 5.32. The zero-order valence-corrected chi connectivity index (χ0v) is 17.6. The van der Waals surface area contributed by atoms with Gasteiger partial charge in [0.1, 0.15) is 0 Å². The van der Waals surface area contributed by atoms with Crippen LogP contribution in [0.25, 0.3) is 0 Å². The quantitative estimate of drug-likeness (QED) is 0.362. The van der Waals surface area contributed by atoms with E-state index in [9.17, 15) is 18.4 Å². The summed E-state index contributed by atoms with van der Waals surface area (Å²) in [7, 11) is 1.39. The number of amides is 3. The van der Waals surface area contributed by atoms with Crippen LogP contribution >= 0.6 is 11.8 Å². The normalized spacial score (nSPS) is 22.4. The largest absolute Gasteiger partial charge is 0.493 e. The van der Waals surface area contributed by atoms with Gasteiger partial charge in [0, 0.05) is 24.0 Å². The van der Waals surface area contributed by atoms with Gasteiger partial charge in [-0.25, -0.2) is 4.79 Å². The first-order valence-corrected chi connectivity index (χ1v) is 11.1. The van der Waals surface area contributed by atoms with E-state index < -0.39 is 6.61 Å². The van der Waals surface area contributed by atoms with E-state index in [0.29, 0.717) is 24.6 Å². The van der Waals surface area contributed by atoms with E-state index in [1.54, 1.807) is 12.1 Å². The second-order valence-corrected chi connectivity index (χ2v) is 8.60. The molecule has 10 heteroatoms. The van der Waals surface area contributed by atoms with Crippen LogP contribution in [0.3, 0.4) is 0 Å². The Morgan fingerprint density at radius 2 is 2.13 bits per heavy atom. The number of carbonyl (C=O) groups excluding carboxylic acids is 2. The standard InChI is InChI=1S/C20H27F2N3O4S/c1-28-14-7-6-12(10-15(14)29-19(21)22)8-9-23-17(26)5-3-2-4-16-18-13(11-30-16)24-20(27)25-18/h6-7,10,13,16,18-19H,2-5,8-9,11H2,1H3,(H,23,26)(H2,24,25,27)/t13-,16-,18-/m0/s1. The molecule has 3 amide bonds. The molecule has 2 fully saturated rings. The third-order valence-corrected chi connectivity index (χ3v) is 6.77. The second-order valence-electron chi connectivity index (χ2n) is 7.33. The average molecular weight is 444 g/mol. The summed E-state index contributed by atoms with van der Waals surface area (Å²) in [6, 6.07) is 5.16. The van der Waals surface area contributed by atoms with Gasteiger partial charge in [-0.1, -0.05) is 12.5 Å². The number of ether oxygens (including phenoxy) is 2. The molecule has 2 aliphatic rings. The second kappa shape index (κ2) is 10.7. The molecule has 2 heterocycles. The molecule has 1 aromatic rings. The minimum Gasteiger partial charge on any atom is -0.493 e. The van der Waals surface area contributed by atoms with Crippen LogP contribution in [-0.4, -0.2) is 55.3 Å². The van der Waals surface area contributed by atoms with Gasteiger partial charge in [0.25, 0.3) is 0 Å². The summed E-state index contributed by atoms with van der Waals surface area (Å²) < 4.78 is 34.5. The predicted octanol–water partition coefficient (Wildman–Crippen LogP) is 2.68. The molecular weight excluding hydrogens is 416 g/mol. The molecule has 0 unspecified atom stereocenters. The van der Waals surface area contributed by atoms with Crippen molar-refractivity contribution in [1.29, 1.82) is 0 Å². The fourth-order valence-electron chi connectivity index (χ4n) is 3.77. The Bertz CT molecular complexity index is 753. The van der Waals surface area contributed by atoms with Crippen molar-refractivity contribution in [3.8, 4) is 11.5 Å². The summed E-state index contributed by atoms with van der Waals surface area (Å²) in [5.41, 5.74) is 0.770. The molecule has 7 nitrogen and oxygen atoms in total. The first-order valence-electron chi connectivity index (χ1n) is 10.0. The van der Waals surface area contributed by atoms with Gasteiger partial charge >= 0.3 is 12.6 Å². The summed E-state index contributed by atoms with van der Waals surface area (Å²) in [5.74, 6) is 1.13. The highest BCUT2D eigenvalue weighted by Crippen LogP contribution is 2.33. The number of carbonyl (C=O) groups is 2. The van der Waals surface area contributed by atoms with Crippen LogP contribution in [0, 0.1) is 0 Å². The zero-order chi connectivity index (χ0) is 21.5. The lowest BCUT2D eigenvalue weighted by Gasteiger charge is -2.16. The van der Waals surface area contributed by atoms with Crippen LogP contribution in [0.1, 0.15) is 31.2 Å². The minimum atomic E-state index is -2.93. The molecule has 3 rings (SSSR count). The van der Waals surface area contributed by atoms with Crippen molar-refractivity contribution in [2.45, 2.75) is 56.0 Å². The number of hydrogen-bond acceptors (Lipinski definition) is 5. The lowest BCUT2D eigenvalue weighted by atomic mass is 10.0. The number of rotatable bonds is 11. The summed E-state index contributed by atoms with van der Waals surface area (Å²) in [4.78, 5) is 23.4. The van der Waals surface area contributed by atoms with Gasteiger partial charge in [0.15, 0.2) is 11.5 Å². The summed E-state index contributed by atoms with van der Waals surface area (Å²) in [5, 5.41) is 9.15. The Hall–Kier alpha value is -2.23. The molecular formula is C20H27F2N3O4S. The van der Waals surface area contributed by atoms with Crippen molar-refractivity contribution in [3.05, 3.63) is 23.8 Å². The number of hydrogen-bond donors (Lipinski definition) is 3. The van der Waals surface area contributed by atoms with Gasteiger partial charge in [0.05, 0.1) is 19.2 Å². The van der Waals surface area contributed by atoms with Crippen LogP contribution in [0.2, 0.25) is 0 Å². The third-order valence-electron chi connectivity index (χ3n) is 5.26. The summed E-state index contributed by atoms with van der Waals surface area (Å²) >= 11 is 1.87. The van der Waals surface area contributed by atoms with Crippen LogP contribution in [0.5, 0.6) is 11.5 Å². The number of thioether (sulfide) groups is 1. The SMILES string of the molecule is COc1ccc(CCNC(=O)CCCC[C@@H]2SC[C@@H]3NC(=O)N[C@@H]32)cc1OC(F)F. The molecule has 0 aliphatic carbocycles. The van der Waals surface area contributed by atoms with Crippen LogP contribution in [-0.2, 0) is 11.2 Å². The van der Waals surface area contributed by atoms with Crippen LogP contribution in [0.15, 0.2) is 18.2 Å². The van der Waals surface area contributed by atoms with Crippen LogP contribution in [0.4, 0.5) is 13.6 Å². The highest BCUT2D eigenvalue weighted by atomic mass is 32.2. The van der Waals surface area contributed by atoms with Gasteiger partial charge in [-0.15, -0.1) is 0 Å². The topological polar surface area (TPSA) is 88.7 Å². The maximum atomic E-state index is 12.5. The zero-order valence-electron chi connectivity index (χ0n) is 16.8. The monoisotopic (exact) mass is 443 g/mol. The number of nitrogens with one attached hydrogen (secondary N) is 3. The molecule has 2 saturated heterocycles. The van der Waals surface area contributed by atoms with Crippen molar-refractivity contribution in [1.82, 2.24) is 16.0 Å². The number of fused-ring (bicyclic) bond motifs is 1. The molecule has 0 radical (unpaired) electrons. The first kappa shape index (κ1) is 22.5. The van der Waals surface area contributed by atoms with E-state index in [1.165, 1.54) is 13.2 Å². The summed E-state index contributed by atoms with van der Waals surface area (Å²) in [6.07, 6.45) is 3.63. The third kappa shape index (κ3) is 6.13. The molecule has 3 N–H and O–H groups in total. The van der Waals surface area contributed by atoms with E-state index in [0.717, 1.165) is 30.6 Å². The highest BCUT2D eigenvalue weighted by molar-refractivity contribution is 8.00. The molecule has 0 bridgehead atoms. The lowest BCUT2D eigenvalue weighted by Crippen LogP contribution is -2.36. The van der Waals surface area contributed by atoms with E-state index in [-0.39, 0.29) is 35.5 Å². The smallest absolute Gasteiger partial charge is 0.387 e. The number of methoxy groups -OCH3 is 1. The van der Waals surface area contributed by atoms with E-state index in [4.69, 9.17) is 4.74 Å². The van der Waals surface area contributed by atoms with Crippen LogP contribution < -0.4 is 25.4 Å². The molecule has 166 valence electrons. The minimum absolute atomic E-state index is 0.0167. The lowest BCUT2D eigenvalue weighted by molar-refractivity contribution is -0.121. The van der Waals surface area contributed by atoms with Gasteiger partial charge in [0.2, 0.25) is 5.91 Å². The van der Waals surface area contributed by atoms with E-state index in [1.807, 2.05) is 11.8 Å². The first-order chi connectivity index (χ1) is 14.5. The van der Waals surface area contributed by atoms with Gasteiger partial charge in [-0.05, 0) is 37.0 Å². The Morgan fingerprint density at radius 1 is 1.30 bits per heavy atom. The number of urea groups is 1. The molecule has 2 aliphatic heterocycles. The number of benzene rings is 1. The Balaban J connectivity index is 1.32. The van der Waals surface area contributed by atoms with E-state index >= 15 is 0 Å². The summed E-state index contributed by atoms with van der Waals surface area (Å²) in [6.45, 7) is -2.51. The maximum Gasteiger partial charge on any atom is 0.387 e.